The molecule has 12 aromatic carbocycles. The van der Waals surface area contributed by atoms with E-state index in [4.69, 9.17) is 8.83 Å². The molecule has 0 atom stereocenters. The van der Waals surface area contributed by atoms with Crippen molar-refractivity contribution in [3.63, 3.8) is 0 Å². The standard InChI is InChI=1S/C68H48N2O2/c1-41-19-34-60(43(3)37-41)69(50-29-23-45(24-30-50)53-13-9-15-57-55-11-5-7-17-63(55)71-67(53)57)52-39-48-22-21-47-28-36-62(59-33-27-49(40-52)65(48)66(47)59)70(61-35-20-42(2)38-44(61)4)51-31-25-46(26-32-51)54-14-10-16-58-56-12-6-8-18-64(56)72-68(54)58/h5-40H,1-4H3. The minimum atomic E-state index is 0.904. The van der Waals surface area contributed by atoms with Crippen molar-refractivity contribution >= 4 is 110 Å². The molecule has 0 aliphatic heterocycles. The van der Waals surface area contributed by atoms with Crippen LogP contribution in [-0.2, 0) is 0 Å². The minimum Gasteiger partial charge on any atom is -0.455 e. The second-order valence-electron chi connectivity index (χ2n) is 19.5. The smallest absolute Gasteiger partial charge is 0.143 e. The Bertz CT molecular complexity index is 4420. The first-order valence-electron chi connectivity index (χ1n) is 24.8. The molecule has 2 heterocycles. The average Bonchev–Trinajstić information content (AvgIpc) is 3.99. The van der Waals surface area contributed by atoms with Gasteiger partial charge in [0.1, 0.15) is 22.3 Å². The van der Waals surface area contributed by atoms with Crippen LogP contribution in [0.4, 0.5) is 34.1 Å². The fourth-order valence-electron chi connectivity index (χ4n) is 11.6. The van der Waals surface area contributed by atoms with Gasteiger partial charge in [0, 0.05) is 66.5 Å². The van der Waals surface area contributed by atoms with Crippen molar-refractivity contribution < 1.29 is 8.83 Å². The molecule has 4 nitrogen and oxygen atoms in total. The number of furan rings is 2. The third kappa shape index (κ3) is 6.60. The summed E-state index contributed by atoms with van der Waals surface area (Å²) in [6.45, 7) is 8.77. The minimum absolute atomic E-state index is 0.904. The third-order valence-electron chi connectivity index (χ3n) is 14.9. The highest BCUT2D eigenvalue weighted by Gasteiger charge is 2.23. The summed E-state index contributed by atoms with van der Waals surface area (Å²) in [7, 11) is 0. The van der Waals surface area contributed by atoms with E-state index in [-0.39, 0.29) is 0 Å². The highest BCUT2D eigenvalue weighted by Crippen LogP contribution is 2.48. The SMILES string of the molecule is Cc1ccc(N(c2ccc(-c3cccc4c3oc3ccccc34)cc2)c2cc3ccc4ccc(N(c5ccc(-c6cccc7c6oc6ccccc67)cc5)c5ccc(C)cc5C)c5ccc(c2)c3c45)c(C)c1. The summed E-state index contributed by atoms with van der Waals surface area (Å²) in [5.41, 5.74) is 19.6. The van der Waals surface area contributed by atoms with Crippen LogP contribution < -0.4 is 9.80 Å². The zero-order valence-electron chi connectivity index (χ0n) is 40.5. The molecule has 0 saturated heterocycles. The van der Waals surface area contributed by atoms with E-state index in [0.29, 0.717) is 0 Å². The molecule has 0 aliphatic rings. The Kier molecular flexibility index (Phi) is 9.43. The molecule has 0 aliphatic carbocycles. The van der Waals surface area contributed by atoms with Gasteiger partial charge in [0.2, 0.25) is 0 Å². The Morgan fingerprint density at radius 2 is 0.764 bits per heavy atom. The van der Waals surface area contributed by atoms with Gasteiger partial charge < -0.3 is 18.6 Å². The first-order chi connectivity index (χ1) is 35.3. The van der Waals surface area contributed by atoms with Gasteiger partial charge in [-0.3, -0.25) is 0 Å². The number of para-hydroxylation sites is 4. The first-order valence-corrected chi connectivity index (χ1v) is 24.8. The Morgan fingerprint density at radius 1 is 0.306 bits per heavy atom. The number of anilines is 6. The van der Waals surface area contributed by atoms with E-state index in [0.717, 1.165) is 100 Å². The number of fused-ring (bicyclic) bond motifs is 6. The number of nitrogens with zero attached hydrogens (tertiary/aromatic N) is 2. The summed E-state index contributed by atoms with van der Waals surface area (Å²) in [5.74, 6) is 0. The number of hydrogen-bond acceptors (Lipinski definition) is 4. The third-order valence-corrected chi connectivity index (χ3v) is 14.9. The van der Waals surface area contributed by atoms with Crippen LogP contribution in [0, 0.1) is 27.7 Å². The van der Waals surface area contributed by atoms with Crippen LogP contribution in [0.3, 0.4) is 0 Å². The van der Waals surface area contributed by atoms with E-state index < -0.39 is 0 Å². The lowest BCUT2D eigenvalue weighted by Gasteiger charge is -2.30. The Labute approximate surface area is 417 Å². The van der Waals surface area contributed by atoms with Crippen molar-refractivity contribution in [3.05, 3.63) is 241 Å². The van der Waals surface area contributed by atoms with Crippen molar-refractivity contribution in [2.24, 2.45) is 0 Å². The molecule has 0 bridgehead atoms. The van der Waals surface area contributed by atoms with Gasteiger partial charge >= 0.3 is 0 Å². The first kappa shape index (κ1) is 41.8. The number of rotatable bonds is 8. The maximum Gasteiger partial charge on any atom is 0.143 e. The Hall–Kier alpha value is -9.12. The number of aryl methyl sites for hydroxylation is 4. The summed E-state index contributed by atoms with van der Waals surface area (Å²) >= 11 is 0. The van der Waals surface area contributed by atoms with Crippen LogP contribution >= 0.6 is 0 Å². The summed E-state index contributed by atoms with van der Waals surface area (Å²) in [6.07, 6.45) is 0. The molecule has 4 heteroatoms. The van der Waals surface area contributed by atoms with Crippen molar-refractivity contribution in [2.75, 3.05) is 9.80 Å². The zero-order valence-corrected chi connectivity index (χ0v) is 40.5. The van der Waals surface area contributed by atoms with Gasteiger partial charge in [-0.2, -0.15) is 0 Å². The summed E-state index contributed by atoms with van der Waals surface area (Å²) in [6, 6.07) is 79.6. The predicted molar refractivity (Wildman–Crippen MR) is 304 cm³/mol. The molecule has 342 valence electrons. The van der Waals surface area contributed by atoms with Gasteiger partial charge in [-0.25, -0.2) is 0 Å². The molecule has 2 aromatic heterocycles. The lowest BCUT2D eigenvalue weighted by atomic mass is 9.92. The van der Waals surface area contributed by atoms with Crippen molar-refractivity contribution in [2.45, 2.75) is 27.7 Å². The van der Waals surface area contributed by atoms with E-state index in [1.54, 1.807) is 0 Å². The average molecular weight is 925 g/mol. The maximum atomic E-state index is 6.48. The van der Waals surface area contributed by atoms with Crippen LogP contribution in [0.15, 0.2) is 227 Å². The van der Waals surface area contributed by atoms with E-state index in [1.165, 1.54) is 54.6 Å². The van der Waals surface area contributed by atoms with Crippen molar-refractivity contribution in [1.82, 2.24) is 0 Å². The molecule has 0 spiro atoms. The van der Waals surface area contributed by atoms with Gasteiger partial charge in [0.05, 0.1) is 5.69 Å². The van der Waals surface area contributed by atoms with Crippen LogP contribution in [0.2, 0.25) is 0 Å². The lowest BCUT2D eigenvalue weighted by molar-refractivity contribution is 0.669. The molecular formula is C68H48N2O2. The highest BCUT2D eigenvalue weighted by molar-refractivity contribution is 6.26. The second-order valence-corrected chi connectivity index (χ2v) is 19.5. The highest BCUT2D eigenvalue weighted by atomic mass is 16.3. The van der Waals surface area contributed by atoms with Crippen LogP contribution in [-0.4, -0.2) is 0 Å². The molecule has 0 fully saturated rings. The predicted octanol–water partition coefficient (Wildman–Crippen LogP) is 19.9. The molecule has 14 aromatic rings. The van der Waals surface area contributed by atoms with Crippen molar-refractivity contribution in [1.29, 1.82) is 0 Å². The number of benzene rings is 12. The number of hydrogen-bond donors (Lipinski definition) is 0. The molecule has 0 amide bonds. The van der Waals surface area contributed by atoms with E-state index in [1.807, 2.05) is 24.3 Å². The molecule has 0 radical (unpaired) electrons. The van der Waals surface area contributed by atoms with Crippen LogP contribution in [0.25, 0.3) is 98.4 Å². The van der Waals surface area contributed by atoms with Gasteiger partial charge in [0.25, 0.3) is 0 Å². The Morgan fingerprint density at radius 3 is 1.32 bits per heavy atom. The van der Waals surface area contributed by atoms with E-state index >= 15 is 0 Å². The zero-order chi connectivity index (χ0) is 48.2. The summed E-state index contributed by atoms with van der Waals surface area (Å²) in [4.78, 5) is 4.86. The monoisotopic (exact) mass is 924 g/mol. The molecule has 72 heavy (non-hydrogen) atoms. The molecule has 0 saturated carbocycles. The van der Waals surface area contributed by atoms with Gasteiger partial charge in [0.15, 0.2) is 0 Å². The van der Waals surface area contributed by atoms with Gasteiger partial charge in [-0.05, 0) is 144 Å². The molecule has 0 N–H and O–H groups in total. The van der Waals surface area contributed by atoms with Crippen LogP contribution in [0.1, 0.15) is 22.3 Å². The normalized spacial score (nSPS) is 11.9. The Balaban J connectivity index is 0.897. The fraction of sp³-hybridized carbons (Fsp3) is 0.0588. The summed E-state index contributed by atoms with van der Waals surface area (Å²) in [5, 5.41) is 11.9. The van der Waals surface area contributed by atoms with Gasteiger partial charge in [-0.15, -0.1) is 0 Å². The molecule has 14 rings (SSSR count). The fourth-order valence-corrected chi connectivity index (χ4v) is 11.6. The van der Waals surface area contributed by atoms with Crippen molar-refractivity contribution in [3.8, 4) is 22.3 Å². The maximum absolute atomic E-state index is 6.48. The lowest BCUT2D eigenvalue weighted by Crippen LogP contribution is -2.12. The van der Waals surface area contributed by atoms with Gasteiger partial charge in [-0.1, -0.05) is 163 Å². The quantitative estimate of drug-likeness (QED) is 0.142. The van der Waals surface area contributed by atoms with Crippen LogP contribution in [0.5, 0.6) is 0 Å². The van der Waals surface area contributed by atoms with E-state index in [2.05, 4.69) is 232 Å². The molecule has 0 unspecified atom stereocenters. The molecular weight excluding hydrogens is 877 g/mol. The largest absolute Gasteiger partial charge is 0.455 e. The second kappa shape index (κ2) is 16.2. The van der Waals surface area contributed by atoms with E-state index in [9.17, 15) is 0 Å². The topological polar surface area (TPSA) is 32.8 Å². The summed E-state index contributed by atoms with van der Waals surface area (Å²) < 4.78 is 13.0.